The zero-order valence-electron chi connectivity index (χ0n) is 13.6. The highest BCUT2D eigenvalue weighted by Crippen LogP contribution is 2.21. The summed E-state index contributed by atoms with van der Waals surface area (Å²) < 4.78 is 24.9. The van der Waals surface area contributed by atoms with Gasteiger partial charge in [-0.1, -0.05) is 41.9 Å². The van der Waals surface area contributed by atoms with E-state index in [9.17, 15) is 9.00 Å². The lowest BCUT2D eigenvalue weighted by atomic mass is 10.1. The molecule has 1 amide bonds. The first-order valence-electron chi connectivity index (χ1n) is 8.00. The van der Waals surface area contributed by atoms with Crippen molar-refractivity contribution in [3.05, 3.63) is 65.2 Å². The number of carbonyl (C=O) groups is 1. The van der Waals surface area contributed by atoms with Gasteiger partial charge < -0.3 is 4.74 Å². The van der Waals surface area contributed by atoms with Gasteiger partial charge in [-0.25, -0.2) is 8.51 Å². The molecule has 2 aromatic carbocycles. The molecule has 1 atom stereocenters. The second-order valence-corrected chi connectivity index (χ2v) is 8.24. The zero-order valence-corrected chi connectivity index (χ0v) is 15.2. The summed E-state index contributed by atoms with van der Waals surface area (Å²) in [7, 11) is -3.00. The molecule has 3 rings (SSSR count). The highest BCUT2D eigenvalue weighted by Gasteiger charge is 2.26. The third kappa shape index (κ3) is 4.46. The number of benzene rings is 2. The number of ether oxygens (including phenoxy) is 1. The van der Waals surface area contributed by atoms with Gasteiger partial charge in [-0.15, -0.1) is 4.36 Å². The molecule has 0 radical (unpaired) electrons. The molecule has 0 aliphatic carbocycles. The van der Waals surface area contributed by atoms with E-state index in [0.717, 1.165) is 5.56 Å². The van der Waals surface area contributed by atoms with Gasteiger partial charge in [0.2, 0.25) is 0 Å². The summed E-state index contributed by atoms with van der Waals surface area (Å²) in [5.41, 5.74) is 0.748. The highest BCUT2D eigenvalue weighted by molar-refractivity contribution is 7.91. The van der Waals surface area contributed by atoms with Crippen LogP contribution in [-0.2, 0) is 25.9 Å². The summed E-state index contributed by atoms with van der Waals surface area (Å²) in [4.78, 5) is 13.0. The van der Waals surface area contributed by atoms with Crippen molar-refractivity contribution in [1.29, 1.82) is 0 Å². The zero-order chi connectivity index (χ0) is 17.7. The van der Waals surface area contributed by atoms with Crippen molar-refractivity contribution in [1.82, 2.24) is 4.31 Å². The lowest BCUT2D eigenvalue weighted by Crippen LogP contribution is -2.40. The molecule has 1 aliphatic rings. The van der Waals surface area contributed by atoms with E-state index in [-0.39, 0.29) is 6.42 Å². The maximum absolute atomic E-state index is 13.7. The van der Waals surface area contributed by atoms with Crippen molar-refractivity contribution in [3.8, 4) is 0 Å². The van der Waals surface area contributed by atoms with Crippen LogP contribution in [0.2, 0.25) is 5.02 Å². The number of halogens is 1. The van der Waals surface area contributed by atoms with E-state index >= 15 is 0 Å². The standard InChI is InChI=1S/C18H19ClN2O3S/c19-16-6-4-5-15(13-16)14-18(22)20-25(23,17-7-2-1-3-8-17)21-9-11-24-12-10-21/h1-8,13H,9-12,14H2. The smallest absolute Gasteiger partial charge is 0.259 e. The van der Waals surface area contributed by atoms with Crippen molar-refractivity contribution in [2.45, 2.75) is 11.3 Å². The van der Waals surface area contributed by atoms with Gasteiger partial charge in [0.1, 0.15) is 9.92 Å². The Bertz CT molecular complexity index is 858. The first-order chi connectivity index (χ1) is 12.1. The summed E-state index contributed by atoms with van der Waals surface area (Å²) in [6.45, 7) is 1.90. The van der Waals surface area contributed by atoms with Gasteiger partial charge in [0, 0.05) is 18.1 Å². The molecule has 132 valence electrons. The maximum atomic E-state index is 13.7. The molecule has 0 spiro atoms. The number of hydrogen-bond acceptors (Lipinski definition) is 3. The number of rotatable bonds is 4. The van der Waals surface area contributed by atoms with E-state index in [1.807, 2.05) is 6.07 Å². The van der Waals surface area contributed by atoms with Crippen LogP contribution in [0.15, 0.2) is 63.9 Å². The van der Waals surface area contributed by atoms with E-state index in [0.29, 0.717) is 36.2 Å². The number of hydrogen-bond donors (Lipinski definition) is 0. The predicted molar refractivity (Wildman–Crippen MR) is 97.8 cm³/mol. The van der Waals surface area contributed by atoms with Crippen LogP contribution in [0.1, 0.15) is 5.56 Å². The Hall–Kier alpha value is -1.73. The van der Waals surface area contributed by atoms with Crippen molar-refractivity contribution >= 4 is 27.4 Å². The van der Waals surface area contributed by atoms with E-state index in [1.54, 1.807) is 52.8 Å². The summed E-state index contributed by atoms with van der Waals surface area (Å²) >= 11 is 5.96. The van der Waals surface area contributed by atoms with Gasteiger partial charge in [-0.2, -0.15) is 0 Å². The van der Waals surface area contributed by atoms with Gasteiger partial charge in [-0.05, 0) is 29.8 Å². The lowest BCUT2D eigenvalue weighted by Gasteiger charge is -2.29. The largest absolute Gasteiger partial charge is 0.379 e. The topological polar surface area (TPSA) is 59.0 Å². The predicted octanol–water partition coefficient (Wildman–Crippen LogP) is 3.18. The molecule has 5 nitrogen and oxygen atoms in total. The minimum absolute atomic E-state index is 0.0642. The van der Waals surface area contributed by atoms with Gasteiger partial charge in [0.15, 0.2) is 0 Å². The van der Waals surface area contributed by atoms with Crippen LogP contribution in [0.5, 0.6) is 0 Å². The maximum Gasteiger partial charge on any atom is 0.259 e. The van der Waals surface area contributed by atoms with Crippen LogP contribution >= 0.6 is 11.6 Å². The minimum Gasteiger partial charge on any atom is -0.379 e. The summed E-state index contributed by atoms with van der Waals surface area (Å²) in [5.74, 6) is -0.428. The summed E-state index contributed by atoms with van der Waals surface area (Å²) in [6.07, 6.45) is 0.0642. The molecule has 1 unspecified atom stereocenters. The fraction of sp³-hybridized carbons (Fsp3) is 0.278. The van der Waals surface area contributed by atoms with Crippen molar-refractivity contribution in [3.63, 3.8) is 0 Å². The minimum atomic E-state index is -3.00. The molecule has 0 bridgehead atoms. The molecule has 1 saturated heterocycles. The van der Waals surface area contributed by atoms with E-state index < -0.39 is 15.8 Å². The monoisotopic (exact) mass is 378 g/mol. The Morgan fingerprint density at radius 2 is 1.84 bits per heavy atom. The van der Waals surface area contributed by atoms with Crippen LogP contribution in [0.4, 0.5) is 0 Å². The molecule has 1 aliphatic heterocycles. The second kappa shape index (κ2) is 8.10. The number of carbonyl (C=O) groups excluding carboxylic acids is 1. The van der Waals surface area contributed by atoms with Crippen molar-refractivity contribution in [2.24, 2.45) is 4.36 Å². The normalized spacial score (nSPS) is 17.6. The molecule has 0 N–H and O–H groups in total. The third-order valence-electron chi connectivity index (χ3n) is 3.84. The van der Waals surface area contributed by atoms with Gasteiger partial charge in [0.25, 0.3) is 5.91 Å². The van der Waals surface area contributed by atoms with Crippen molar-refractivity contribution < 1.29 is 13.7 Å². The van der Waals surface area contributed by atoms with Gasteiger partial charge >= 0.3 is 0 Å². The average molecular weight is 379 g/mol. The molecule has 0 aromatic heterocycles. The molecule has 25 heavy (non-hydrogen) atoms. The first-order valence-corrected chi connectivity index (χ1v) is 9.85. The highest BCUT2D eigenvalue weighted by atomic mass is 35.5. The number of morpholine rings is 1. The quantitative estimate of drug-likeness (QED) is 0.820. The van der Waals surface area contributed by atoms with Crippen LogP contribution in [0, 0.1) is 0 Å². The SMILES string of the molecule is O=C(Cc1cccc(Cl)c1)N=S(=O)(c1ccccc1)N1CCOCC1. The summed E-state index contributed by atoms with van der Waals surface area (Å²) in [5, 5.41) is 0.558. The van der Waals surface area contributed by atoms with E-state index in [1.165, 1.54) is 0 Å². The lowest BCUT2D eigenvalue weighted by molar-refractivity contribution is -0.117. The molecule has 2 aromatic rings. The second-order valence-electron chi connectivity index (χ2n) is 5.64. The number of nitrogens with zero attached hydrogens (tertiary/aromatic N) is 2. The molecule has 1 heterocycles. The van der Waals surface area contributed by atoms with E-state index in [2.05, 4.69) is 4.36 Å². The number of amides is 1. The van der Waals surface area contributed by atoms with Crippen LogP contribution in [0.3, 0.4) is 0 Å². The Morgan fingerprint density at radius 3 is 2.52 bits per heavy atom. The molecule has 1 fully saturated rings. The Labute approximate surface area is 152 Å². The van der Waals surface area contributed by atoms with Gasteiger partial charge in [0.05, 0.1) is 24.5 Å². The fourth-order valence-corrected chi connectivity index (χ4v) is 4.87. The average Bonchev–Trinajstić information content (AvgIpc) is 2.63. The van der Waals surface area contributed by atoms with Crippen LogP contribution in [-0.4, -0.2) is 40.7 Å². The summed E-state index contributed by atoms with van der Waals surface area (Å²) in [6, 6.07) is 16.0. The Balaban J connectivity index is 1.94. The Morgan fingerprint density at radius 1 is 1.12 bits per heavy atom. The van der Waals surface area contributed by atoms with Gasteiger partial charge in [-0.3, -0.25) is 4.79 Å². The fourth-order valence-electron chi connectivity index (χ4n) is 2.64. The molecule has 0 saturated carbocycles. The van der Waals surface area contributed by atoms with Crippen molar-refractivity contribution in [2.75, 3.05) is 26.3 Å². The van der Waals surface area contributed by atoms with Crippen LogP contribution in [0.25, 0.3) is 0 Å². The molecule has 7 heteroatoms. The van der Waals surface area contributed by atoms with Crippen LogP contribution < -0.4 is 0 Å². The van der Waals surface area contributed by atoms with E-state index in [4.69, 9.17) is 16.3 Å². The molecular weight excluding hydrogens is 360 g/mol. The first kappa shape index (κ1) is 18.1. The Kier molecular flexibility index (Phi) is 5.86. The molecular formula is C18H19ClN2O3S. The third-order valence-corrected chi connectivity index (χ3v) is 6.48.